The van der Waals surface area contributed by atoms with Gasteiger partial charge in [-0.2, -0.15) is 0 Å². The summed E-state index contributed by atoms with van der Waals surface area (Å²) in [6.07, 6.45) is 4.44. The fourth-order valence-electron chi connectivity index (χ4n) is 2.86. The van der Waals surface area contributed by atoms with Crippen molar-refractivity contribution in [3.8, 4) is 0 Å². The molecule has 1 aromatic carbocycles. The van der Waals surface area contributed by atoms with Crippen molar-refractivity contribution in [1.82, 2.24) is 5.32 Å². The summed E-state index contributed by atoms with van der Waals surface area (Å²) in [7, 11) is 0. The molecular formula is C20H31N3O2. The van der Waals surface area contributed by atoms with Gasteiger partial charge in [0.1, 0.15) is 0 Å². The predicted molar refractivity (Wildman–Crippen MR) is 103 cm³/mol. The molecule has 25 heavy (non-hydrogen) atoms. The number of piperidine rings is 1. The van der Waals surface area contributed by atoms with Crippen LogP contribution in [-0.2, 0) is 4.79 Å². The standard InChI is InChI=1S/C20H31N3O2/c1-5-11-21-18(24)16-14-15(22-19(25)20(2,3)4)9-10-17(16)23-12-7-6-8-13-23/h9-10,14H,5-8,11-13H2,1-4H3,(H,21,24)(H,22,25). The van der Waals surface area contributed by atoms with Crippen molar-refractivity contribution in [2.24, 2.45) is 5.41 Å². The number of anilines is 2. The van der Waals surface area contributed by atoms with Gasteiger partial charge in [0.05, 0.1) is 5.56 Å². The van der Waals surface area contributed by atoms with E-state index in [1.54, 1.807) is 6.07 Å². The van der Waals surface area contributed by atoms with Crippen molar-refractivity contribution in [3.05, 3.63) is 23.8 Å². The molecule has 0 spiro atoms. The Morgan fingerprint density at radius 1 is 1.12 bits per heavy atom. The lowest BCUT2D eigenvalue weighted by molar-refractivity contribution is -0.123. The first-order valence-corrected chi connectivity index (χ1v) is 9.31. The second kappa shape index (κ2) is 8.37. The van der Waals surface area contributed by atoms with Crippen LogP contribution in [0.5, 0.6) is 0 Å². The molecule has 0 aromatic heterocycles. The molecule has 0 bridgehead atoms. The van der Waals surface area contributed by atoms with Crippen LogP contribution in [0.4, 0.5) is 11.4 Å². The predicted octanol–water partition coefficient (Wildman–Crippen LogP) is 3.80. The number of nitrogens with one attached hydrogen (secondary N) is 2. The molecule has 1 fully saturated rings. The molecule has 1 aliphatic rings. The SMILES string of the molecule is CCCNC(=O)c1cc(NC(=O)C(C)(C)C)ccc1N1CCCCC1. The summed E-state index contributed by atoms with van der Waals surface area (Å²) in [6.45, 7) is 10.3. The average molecular weight is 345 g/mol. The summed E-state index contributed by atoms with van der Waals surface area (Å²) in [4.78, 5) is 27.2. The largest absolute Gasteiger partial charge is 0.371 e. The maximum absolute atomic E-state index is 12.7. The number of benzene rings is 1. The Hall–Kier alpha value is -2.04. The molecule has 2 N–H and O–H groups in total. The normalized spacial score (nSPS) is 15.0. The van der Waals surface area contributed by atoms with E-state index in [4.69, 9.17) is 0 Å². The van der Waals surface area contributed by atoms with Gasteiger partial charge in [-0.1, -0.05) is 27.7 Å². The van der Waals surface area contributed by atoms with E-state index in [9.17, 15) is 9.59 Å². The molecule has 138 valence electrons. The Morgan fingerprint density at radius 2 is 1.80 bits per heavy atom. The van der Waals surface area contributed by atoms with Gasteiger partial charge >= 0.3 is 0 Å². The van der Waals surface area contributed by atoms with Crippen LogP contribution in [0.1, 0.15) is 63.7 Å². The average Bonchev–Trinajstić information content (AvgIpc) is 2.59. The zero-order chi connectivity index (χ0) is 18.4. The van der Waals surface area contributed by atoms with Gasteiger partial charge in [-0.3, -0.25) is 9.59 Å². The van der Waals surface area contributed by atoms with Gasteiger partial charge < -0.3 is 15.5 Å². The second-order valence-corrected chi connectivity index (χ2v) is 7.74. The van der Waals surface area contributed by atoms with Gasteiger partial charge in [0.25, 0.3) is 5.91 Å². The van der Waals surface area contributed by atoms with E-state index >= 15 is 0 Å². The molecule has 0 radical (unpaired) electrons. The fraction of sp³-hybridized carbons (Fsp3) is 0.600. The maximum atomic E-state index is 12.7. The van der Waals surface area contributed by atoms with Crippen molar-refractivity contribution in [1.29, 1.82) is 0 Å². The summed E-state index contributed by atoms with van der Waals surface area (Å²) in [5.74, 6) is -0.132. The highest BCUT2D eigenvalue weighted by Crippen LogP contribution is 2.28. The number of carbonyl (C=O) groups excluding carboxylic acids is 2. The minimum atomic E-state index is -0.476. The van der Waals surface area contributed by atoms with E-state index in [0.717, 1.165) is 38.0 Å². The summed E-state index contributed by atoms with van der Waals surface area (Å²) in [5.41, 5.74) is 1.79. The first kappa shape index (κ1) is 19.3. The van der Waals surface area contributed by atoms with E-state index < -0.39 is 5.41 Å². The van der Waals surface area contributed by atoms with Crippen LogP contribution < -0.4 is 15.5 Å². The molecule has 0 unspecified atom stereocenters. The first-order valence-electron chi connectivity index (χ1n) is 9.31. The van der Waals surface area contributed by atoms with Gasteiger partial charge in [0.2, 0.25) is 5.91 Å². The van der Waals surface area contributed by atoms with Gasteiger partial charge in [-0.25, -0.2) is 0 Å². The van der Waals surface area contributed by atoms with Crippen molar-refractivity contribution in [3.63, 3.8) is 0 Å². The van der Waals surface area contributed by atoms with Crippen LogP contribution >= 0.6 is 0 Å². The van der Waals surface area contributed by atoms with Crippen molar-refractivity contribution < 1.29 is 9.59 Å². The van der Waals surface area contributed by atoms with E-state index in [1.807, 2.05) is 39.8 Å². The number of carbonyl (C=O) groups is 2. The zero-order valence-corrected chi connectivity index (χ0v) is 15.9. The first-order chi connectivity index (χ1) is 11.8. The molecule has 5 nitrogen and oxygen atoms in total. The fourth-order valence-corrected chi connectivity index (χ4v) is 2.86. The zero-order valence-electron chi connectivity index (χ0n) is 15.9. The van der Waals surface area contributed by atoms with Crippen LogP contribution in [0.25, 0.3) is 0 Å². The van der Waals surface area contributed by atoms with Gasteiger partial charge in [-0.05, 0) is 43.9 Å². The van der Waals surface area contributed by atoms with E-state index in [2.05, 4.69) is 15.5 Å². The lowest BCUT2D eigenvalue weighted by atomic mass is 9.95. The molecule has 1 aromatic rings. The minimum absolute atomic E-state index is 0.0573. The van der Waals surface area contributed by atoms with E-state index in [1.165, 1.54) is 6.42 Å². The highest BCUT2D eigenvalue weighted by atomic mass is 16.2. The smallest absolute Gasteiger partial charge is 0.253 e. The molecule has 0 aliphatic carbocycles. The Kier molecular flexibility index (Phi) is 6.45. The monoisotopic (exact) mass is 345 g/mol. The maximum Gasteiger partial charge on any atom is 0.253 e. The van der Waals surface area contributed by atoms with Gasteiger partial charge in [0, 0.05) is 36.4 Å². The summed E-state index contributed by atoms with van der Waals surface area (Å²) in [5, 5.41) is 5.89. The Labute approximate surface area is 151 Å². The molecule has 5 heteroatoms. The van der Waals surface area contributed by atoms with Gasteiger partial charge in [0.15, 0.2) is 0 Å². The van der Waals surface area contributed by atoms with E-state index in [0.29, 0.717) is 17.8 Å². The van der Waals surface area contributed by atoms with Crippen LogP contribution in [0.3, 0.4) is 0 Å². The molecule has 1 heterocycles. The third-order valence-corrected chi connectivity index (χ3v) is 4.41. The minimum Gasteiger partial charge on any atom is -0.371 e. The molecule has 0 saturated carbocycles. The van der Waals surface area contributed by atoms with E-state index in [-0.39, 0.29) is 11.8 Å². The van der Waals surface area contributed by atoms with Crippen LogP contribution in [0.2, 0.25) is 0 Å². The molecule has 0 atom stereocenters. The quantitative estimate of drug-likeness (QED) is 0.853. The highest BCUT2D eigenvalue weighted by molar-refractivity contribution is 6.02. The highest BCUT2D eigenvalue weighted by Gasteiger charge is 2.23. The number of amides is 2. The van der Waals surface area contributed by atoms with Crippen molar-refractivity contribution >= 4 is 23.2 Å². The summed E-state index contributed by atoms with van der Waals surface area (Å²) < 4.78 is 0. The van der Waals surface area contributed by atoms with Crippen LogP contribution in [-0.4, -0.2) is 31.4 Å². The molecule has 2 amide bonds. The number of rotatable bonds is 5. The number of nitrogens with zero attached hydrogens (tertiary/aromatic N) is 1. The molecular weight excluding hydrogens is 314 g/mol. The third-order valence-electron chi connectivity index (χ3n) is 4.41. The lowest BCUT2D eigenvalue weighted by Crippen LogP contribution is -2.33. The number of hydrogen-bond acceptors (Lipinski definition) is 3. The third kappa shape index (κ3) is 5.21. The Balaban J connectivity index is 2.29. The van der Waals surface area contributed by atoms with Crippen molar-refractivity contribution in [2.75, 3.05) is 29.9 Å². The summed E-state index contributed by atoms with van der Waals surface area (Å²) in [6, 6.07) is 5.66. The molecule has 1 saturated heterocycles. The Morgan fingerprint density at radius 3 is 2.40 bits per heavy atom. The van der Waals surface area contributed by atoms with Gasteiger partial charge in [-0.15, -0.1) is 0 Å². The van der Waals surface area contributed by atoms with Crippen molar-refractivity contribution in [2.45, 2.75) is 53.4 Å². The van der Waals surface area contributed by atoms with Crippen LogP contribution in [0, 0.1) is 5.41 Å². The second-order valence-electron chi connectivity index (χ2n) is 7.74. The summed E-state index contributed by atoms with van der Waals surface area (Å²) >= 11 is 0. The molecule has 2 rings (SSSR count). The topological polar surface area (TPSA) is 61.4 Å². The molecule has 1 aliphatic heterocycles. The lowest BCUT2D eigenvalue weighted by Gasteiger charge is -2.30. The van der Waals surface area contributed by atoms with Crippen LogP contribution in [0.15, 0.2) is 18.2 Å². The Bertz CT molecular complexity index is 614. The number of hydrogen-bond donors (Lipinski definition) is 2.